The van der Waals surface area contributed by atoms with Crippen molar-refractivity contribution in [1.29, 1.82) is 0 Å². The Kier molecular flexibility index (Phi) is 7.50. The lowest BCUT2D eigenvalue weighted by atomic mass is 10.0. The highest BCUT2D eigenvalue weighted by molar-refractivity contribution is 5.94. The Bertz CT molecular complexity index is 1500. The SMILES string of the molecule is Cc1cnnn1-c1ccc(N2CCc3c(c(C(=O)NCc4ccc(NC(=O)N(C)C)cc4)nn3C(C)C)C2)nc1. The van der Waals surface area contributed by atoms with E-state index in [1.165, 1.54) is 4.90 Å². The molecule has 1 aromatic carbocycles. The highest BCUT2D eigenvalue weighted by atomic mass is 16.2. The smallest absolute Gasteiger partial charge is 0.321 e. The Hall–Kier alpha value is -4.74. The van der Waals surface area contributed by atoms with E-state index in [-0.39, 0.29) is 18.0 Å². The molecular weight excluding hydrogens is 508 g/mol. The first-order chi connectivity index (χ1) is 19.2. The van der Waals surface area contributed by atoms with Gasteiger partial charge in [-0.1, -0.05) is 17.3 Å². The molecule has 0 spiro atoms. The lowest BCUT2D eigenvalue weighted by Gasteiger charge is -2.29. The molecule has 12 nitrogen and oxygen atoms in total. The van der Waals surface area contributed by atoms with Crippen LogP contribution in [-0.2, 0) is 19.5 Å². The number of rotatable bonds is 7. The van der Waals surface area contributed by atoms with Gasteiger partial charge in [0.2, 0.25) is 0 Å². The van der Waals surface area contributed by atoms with E-state index in [2.05, 4.69) is 44.7 Å². The van der Waals surface area contributed by atoms with E-state index in [1.54, 1.807) is 31.2 Å². The second kappa shape index (κ2) is 11.2. The number of aromatic nitrogens is 6. The maximum Gasteiger partial charge on any atom is 0.321 e. The minimum atomic E-state index is -0.215. The molecule has 0 atom stereocenters. The van der Waals surface area contributed by atoms with Crippen LogP contribution in [0.2, 0.25) is 0 Å². The van der Waals surface area contributed by atoms with Crippen molar-refractivity contribution in [2.75, 3.05) is 30.9 Å². The van der Waals surface area contributed by atoms with Crippen LogP contribution in [0.3, 0.4) is 0 Å². The Labute approximate surface area is 233 Å². The number of carbonyl (C=O) groups is 2. The van der Waals surface area contributed by atoms with Crippen LogP contribution in [0.25, 0.3) is 5.69 Å². The van der Waals surface area contributed by atoms with Gasteiger partial charge in [-0.2, -0.15) is 5.10 Å². The number of carbonyl (C=O) groups excluding carboxylic acids is 2. The third-order valence-electron chi connectivity index (χ3n) is 6.88. The molecule has 12 heteroatoms. The maximum absolute atomic E-state index is 13.4. The standard InChI is InChI=1S/C28H34N10O2/c1-18(2)37-24-12-13-36(25-11-10-22(16-29-25)38-19(3)14-31-34-38)17-23(24)26(33-37)27(39)30-15-20-6-8-21(9-7-20)32-28(40)35(4)5/h6-11,14,16,18H,12-13,15,17H2,1-5H3,(H,30,39)(H,32,40). The summed E-state index contributed by atoms with van der Waals surface area (Å²) in [5.41, 5.74) is 5.85. The molecule has 2 N–H and O–H groups in total. The number of nitrogens with zero attached hydrogens (tertiary/aromatic N) is 8. The summed E-state index contributed by atoms with van der Waals surface area (Å²) < 4.78 is 3.71. The number of benzene rings is 1. The Balaban J connectivity index is 1.30. The first-order valence-electron chi connectivity index (χ1n) is 13.3. The van der Waals surface area contributed by atoms with E-state index in [0.717, 1.165) is 47.0 Å². The summed E-state index contributed by atoms with van der Waals surface area (Å²) in [6.45, 7) is 7.75. The fraction of sp³-hybridized carbons (Fsp3) is 0.357. The van der Waals surface area contributed by atoms with Crippen molar-refractivity contribution in [3.63, 3.8) is 0 Å². The number of pyridine rings is 1. The Morgan fingerprint density at radius 2 is 1.85 bits per heavy atom. The third-order valence-corrected chi connectivity index (χ3v) is 6.88. The van der Waals surface area contributed by atoms with E-state index < -0.39 is 0 Å². The Morgan fingerprint density at radius 1 is 1.07 bits per heavy atom. The summed E-state index contributed by atoms with van der Waals surface area (Å²) in [6, 6.07) is 11.3. The second-order valence-electron chi connectivity index (χ2n) is 10.3. The number of anilines is 2. The zero-order valence-electron chi connectivity index (χ0n) is 23.4. The van der Waals surface area contributed by atoms with Crippen LogP contribution in [-0.4, -0.2) is 67.2 Å². The first kappa shape index (κ1) is 26.9. The Morgan fingerprint density at radius 3 is 2.48 bits per heavy atom. The van der Waals surface area contributed by atoms with Gasteiger partial charge >= 0.3 is 6.03 Å². The second-order valence-corrected chi connectivity index (χ2v) is 10.3. The molecule has 1 aliphatic rings. The molecule has 1 aliphatic heterocycles. The number of aryl methyl sites for hydroxylation is 1. The number of nitrogens with one attached hydrogen (secondary N) is 2. The van der Waals surface area contributed by atoms with E-state index in [4.69, 9.17) is 5.10 Å². The topological polar surface area (TPSA) is 126 Å². The van der Waals surface area contributed by atoms with Gasteiger partial charge in [0.25, 0.3) is 5.91 Å². The molecular formula is C28H34N10O2. The van der Waals surface area contributed by atoms with Gasteiger partial charge in [0.15, 0.2) is 5.69 Å². The maximum atomic E-state index is 13.4. The molecule has 0 saturated carbocycles. The number of amides is 3. The molecule has 3 amide bonds. The predicted octanol–water partition coefficient (Wildman–Crippen LogP) is 3.33. The largest absolute Gasteiger partial charge is 0.352 e. The van der Waals surface area contributed by atoms with Crippen molar-refractivity contribution in [3.8, 4) is 5.69 Å². The summed E-state index contributed by atoms with van der Waals surface area (Å²) >= 11 is 0. The van der Waals surface area contributed by atoms with E-state index in [9.17, 15) is 9.59 Å². The molecule has 4 heterocycles. The summed E-state index contributed by atoms with van der Waals surface area (Å²) in [7, 11) is 3.37. The molecule has 40 heavy (non-hydrogen) atoms. The fourth-order valence-electron chi connectivity index (χ4n) is 4.69. The van der Waals surface area contributed by atoms with Crippen LogP contribution in [0, 0.1) is 6.92 Å². The van der Waals surface area contributed by atoms with Crippen molar-refractivity contribution in [1.82, 2.24) is 40.0 Å². The average Bonchev–Trinajstić information content (AvgIpc) is 3.56. The lowest BCUT2D eigenvalue weighted by Crippen LogP contribution is -2.33. The summed E-state index contributed by atoms with van der Waals surface area (Å²) in [5, 5.41) is 18.6. The quantitative estimate of drug-likeness (QED) is 0.367. The molecule has 208 valence electrons. The normalized spacial score (nSPS) is 12.8. The molecule has 0 aliphatic carbocycles. The van der Waals surface area contributed by atoms with Crippen LogP contribution in [0.15, 0.2) is 48.8 Å². The highest BCUT2D eigenvalue weighted by Gasteiger charge is 2.29. The van der Waals surface area contributed by atoms with Gasteiger partial charge in [0, 0.05) is 63.1 Å². The fourth-order valence-corrected chi connectivity index (χ4v) is 4.69. The van der Waals surface area contributed by atoms with Gasteiger partial charge < -0.3 is 20.4 Å². The molecule has 5 rings (SSSR count). The van der Waals surface area contributed by atoms with Crippen LogP contribution >= 0.6 is 0 Å². The third kappa shape index (κ3) is 5.51. The van der Waals surface area contributed by atoms with E-state index >= 15 is 0 Å². The first-order valence-corrected chi connectivity index (χ1v) is 13.3. The zero-order valence-corrected chi connectivity index (χ0v) is 23.4. The molecule has 0 bridgehead atoms. The lowest BCUT2D eigenvalue weighted by molar-refractivity contribution is 0.0944. The number of urea groups is 1. The predicted molar refractivity (Wildman–Crippen MR) is 152 cm³/mol. The molecule has 0 saturated heterocycles. The van der Waals surface area contributed by atoms with E-state index in [1.807, 2.05) is 48.0 Å². The zero-order chi connectivity index (χ0) is 28.4. The highest BCUT2D eigenvalue weighted by Crippen LogP contribution is 2.28. The van der Waals surface area contributed by atoms with Gasteiger partial charge in [0.1, 0.15) is 5.82 Å². The number of fused-ring (bicyclic) bond motifs is 1. The molecule has 4 aromatic rings. The minimum absolute atomic E-state index is 0.134. The summed E-state index contributed by atoms with van der Waals surface area (Å²) in [4.78, 5) is 33.5. The van der Waals surface area contributed by atoms with Gasteiger partial charge in [-0.15, -0.1) is 5.10 Å². The van der Waals surface area contributed by atoms with Gasteiger partial charge in [-0.3, -0.25) is 9.48 Å². The molecule has 0 radical (unpaired) electrons. The average molecular weight is 543 g/mol. The van der Waals surface area contributed by atoms with Gasteiger partial charge in [-0.25, -0.2) is 14.5 Å². The molecule has 3 aromatic heterocycles. The number of hydrogen-bond acceptors (Lipinski definition) is 7. The molecule has 0 unspecified atom stereocenters. The summed E-state index contributed by atoms with van der Waals surface area (Å²) in [6.07, 6.45) is 4.26. The van der Waals surface area contributed by atoms with Crippen molar-refractivity contribution in [3.05, 3.63) is 77.0 Å². The van der Waals surface area contributed by atoms with Crippen LogP contribution in [0.4, 0.5) is 16.3 Å². The van der Waals surface area contributed by atoms with Crippen molar-refractivity contribution in [2.45, 2.75) is 46.3 Å². The minimum Gasteiger partial charge on any atom is -0.352 e. The summed E-state index contributed by atoms with van der Waals surface area (Å²) in [5.74, 6) is 0.615. The van der Waals surface area contributed by atoms with Gasteiger partial charge in [-0.05, 0) is 50.6 Å². The van der Waals surface area contributed by atoms with Crippen LogP contribution < -0.4 is 15.5 Å². The van der Waals surface area contributed by atoms with Crippen LogP contribution in [0.5, 0.6) is 0 Å². The van der Waals surface area contributed by atoms with Crippen molar-refractivity contribution in [2.24, 2.45) is 0 Å². The number of hydrogen-bond donors (Lipinski definition) is 2. The molecule has 0 fully saturated rings. The van der Waals surface area contributed by atoms with Crippen LogP contribution in [0.1, 0.15) is 52.9 Å². The van der Waals surface area contributed by atoms with Crippen molar-refractivity contribution >= 4 is 23.4 Å². The van der Waals surface area contributed by atoms with Gasteiger partial charge in [0.05, 0.1) is 23.8 Å². The van der Waals surface area contributed by atoms with Crippen molar-refractivity contribution < 1.29 is 9.59 Å². The van der Waals surface area contributed by atoms with E-state index in [0.29, 0.717) is 24.5 Å². The monoisotopic (exact) mass is 542 g/mol.